The number of fused-ring (bicyclic) bond motifs is 11. The summed E-state index contributed by atoms with van der Waals surface area (Å²) in [5.41, 5.74) is 0.993. The SMILES string of the molecule is CC(=O)C12SC3(CC4(n5cc(CC67NCCNC(Cl)(C(=O)N6C)N(C)C7=O)c6ccccc65)c5ccccc5NC4N3C1=O)C(=O)N2C. The van der Waals surface area contributed by atoms with E-state index in [1.54, 1.807) is 11.9 Å². The quantitative estimate of drug-likeness (QED) is 0.207. The number of hydrogen-bond donors (Lipinski definition) is 3. The molecule has 0 saturated carbocycles. The molecule has 4 bridgehead atoms. The van der Waals surface area contributed by atoms with Gasteiger partial charge in [0.05, 0.1) is 0 Å². The lowest BCUT2D eigenvalue weighted by atomic mass is 9.86. The minimum absolute atomic E-state index is 0.131. The molecule has 0 aliphatic carbocycles. The summed E-state index contributed by atoms with van der Waals surface area (Å²) in [6.07, 6.45) is 1.65. The zero-order valence-electron chi connectivity index (χ0n) is 26.7. The molecule has 6 saturated heterocycles. The number of halogens is 1. The molecule has 4 amide bonds. The Morgan fingerprint density at radius 1 is 0.896 bits per heavy atom. The maximum atomic E-state index is 14.4. The monoisotopic (exact) mass is 688 g/mol. The molecule has 3 N–H and O–H groups in total. The van der Waals surface area contributed by atoms with Gasteiger partial charge < -0.3 is 24.6 Å². The molecule has 15 heteroatoms. The Morgan fingerprint density at radius 2 is 1.60 bits per heavy atom. The molecule has 6 atom stereocenters. The van der Waals surface area contributed by atoms with E-state index in [1.165, 1.54) is 35.7 Å². The molecule has 248 valence electrons. The van der Waals surface area contributed by atoms with Gasteiger partial charge in [-0.3, -0.25) is 39.5 Å². The van der Waals surface area contributed by atoms with E-state index < -0.39 is 44.0 Å². The normalized spacial score (nSPS) is 36.5. The van der Waals surface area contributed by atoms with Crippen LogP contribution in [0.5, 0.6) is 0 Å². The van der Waals surface area contributed by atoms with E-state index in [2.05, 4.69) is 20.5 Å². The fourth-order valence-electron chi connectivity index (χ4n) is 9.23. The number of carbonyl (C=O) groups excluding carboxylic acids is 5. The van der Waals surface area contributed by atoms with Crippen molar-refractivity contribution in [1.82, 2.24) is 34.8 Å². The van der Waals surface area contributed by atoms with Gasteiger partial charge in [-0.15, -0.1) is 0 Å². The summed E-state index contributed by atoms with van der Waals surface area (Å²) in [7, 11) is 4.65. The van der Waals surface area contributed by atoms with Crippen molar-refractivity contribution in [3.8, 4) is 0 Å². The number of likely N-dealkylation sites (N-methyl/N-ethyl adjacent to an activating group) is 3. The van der Waals surface area contributed by atoms with Crippen molar-refractivity contribution in [1.29, 1.82) is 0 Å². The number of rotatable bonds is 4. The van der Waals surface area contributed by atoms with Gasteiger partial charge in [0.2, 0.25) is 4.87 Å². The van der Waals surface area contributed by atoms with Crippen LogP contribution in [-0.2, 0) is 35.9 Å². The second-order valence-corrected chi connectivity index (χ2v) is 15.6. The number of aromatic nitrogens is 1. The van der Waals surface area contributed by atoms with Crippen LogP contribution in [0.2, 0.25) is 0 Å². The second-order valence-electron chi connectivity index (χ2n) is 13.6. The second kappa shape index (κ2) is 9.11. The Kier molecular flexibility index (Phi) is 5.69. The Balaban J connectivity index is 1.25. The van der Waals surface area contributed by atoms with Crippen LogP contribution in [0, 0.1) is 0 Å². The number of thioether (sulfide) groups is 1. The lowest BCUT2D eigenvalue weighted by molar-refractivity contribution is -0.176. The Hall–Kier alpha value is -4.11. The Bertz CT molecular complexity index is 2060. The number of benzene rings is 2. The minimum atomic E-state index is -1.69. The van der Waals surface area contributed by atoms with Gasteiger partial charge in [0.25, 0.3) is 28.8 Å². The van der Waals surface area contributed by atoms with Gasteiger partial charge in [-0.25, -0.2) is 0 Å². The van der Waals surface area contributed by atoms with Crippen molar-refractivity contribution in [3.63, 3.8) is 0 Å². The number of alkyl halides is 1. The largest absolute Gasteiger partial charge is 0.363 e. The van der Waals surface area contributed by atoms with Crippen LogP contribution in [0.25, 0.3) is 10.9 Å². The fraction of sp³-hybridized carbons (Fsp3) is 0.424. The molecular formula is C33H33ClN8O5S. The number of para-hydroxylation sites is 2. The number of hydrogen-bond acceptors (Lipinski definition) is 9. The number of ketones is 1. The average molecular weight is 689 g/mol. The molecule has 13 nitrogen and oxygen atoms in total. The molecule has 10 rings (SSSR count). The molecular weight excluding hydrogens is 656 g/mol. The van der Waals surface area contributed by atoms with Crippen molar-refractivity contribution in [2.45, 2.75) is 52.0 Å². The molecule has 6 fully saturated rings. The van der Waals surface area contributed by atoms with Gasteiger partial charge >= 0.3 is 0 Å². The third-order valence-electron chi connectivity index (χ3n) is 11.6. The highest BCUT2D eigenvalue weighted by Gasteiger charge is 2.83. The first-order chi connectivity index (χ1) is 22.8. The van der Waals surface area contributed by atoms with Crippen LogP contribution in [0.3, 0.4) is 0 Å². The molecule has 3 aromatic rings. The Labute approximate surface area is 284 Å². The van der Waals surface area contributed by atoms with Gasteiger partial charge in [0.1, 0.15) is 11.7 Å². The van der Waals surface area contributed by atoms with E-state index in [9.17, 15) is 24.0 Å². The third kappa shape index (κ3) is 3.04. The van der Waals surface area contributed by atoms with Crippen LogP contribution in [0.4, 0.5) is 5.69 Å². The van der Waals surface area contributed by atoms with Crippen LogP contribution >= 0.6 is 23.4 Å². The summed E-state index contributed by atoms with van der Waals surface area (Å²) in [6, 6.07) is 15.7. The van der Waals surface area contributed by atoms with Crippen LogP contribution in [0.1, 0.15) is 24.5 Å². The van der Waals surface area contributed by atoms with Crippen molar-refractivity contribution in [3.05, 3.63) is 65.9 Å². The zero-order chi connectivity index (χ0) is 33.8. The zero-order valence-corrected chi connectivity index (χ0v) is 28.2. The van der Waals surface area contributed by atoms with Gasteiger partial charge in [0, 0.05) is 75.4 Å². The van der Waals surface area contributed by atoms with Crippen LogP contribution < -0.4 is 16.0 Å². The van der Waals surface area contributed by atoms with Crippen molar-refractivity contribution in [2.24, 2.45) is 0 Å². The third-order valence-corrected chi connectivity index (χ3v) is 14.0. The molecule has 1 spiro atoms. The van der Waals surface area contributed by atoms with E-state index >= 15 is 0 Å². The highest BCUT2D eigenvalue weighted by atomic mass is 35.5. The molecule has 8 heterocycles. The molecule has 7 aliphatic rings. The topological polar surface area (TPSA) is 139 Å². The van der Waals surface area contributed by atoms with Gasteiger partial charge in [-0.2, -0.15) is 0 Å². The maximum absolute atomic E-state index is 14.4. The van der Waals surface area contributed by atoms with Crippen LogP contribution in [-0.4, -0.2) is 115 Å². The molecule has 6 unspecified atom stereocenters. The summed E-state index contributed by atoms with van der Waals surface area (Å²) in [4.78, 5) is 72.3. The fourth-order valence-corrected chi connectivity index (χ4v) is 11.4. The van der Waals surface area contributed by atoms with Crippen molar-refractivity contribution < 1.29 is 24.0 Å². The summed E-state index contributed by atoms with van der Waals surface area (Å²) < 4.78 is 2.13. The van der Waals surface area contributed by atoms with Crippen LogP contribution in [0.15, 0.2) is 54.7 Å². The average Bonchev–Trinajstić information content (AvgIpc) is 3.81. The number of carbonyl (C=O) groups is 5. The summed E-state index contributed by atoms with van der Waals surface area (Å²) in [6.45, 7) is 2.12. The first-order valence-electron chi connectivity index (χ1n) is 15.9. The van der Waals surface area contributed by atoms with E-state index in [-0.39, 0.29) is 30.4 Å². The number of anilines is 1. The van der Waals surface area contributed by atoms with Gasteiger partial charge in [-0.1, -0.05) is 59.8 Å². The van der Waals surface area contributed by atoms with Crippen molar-refractivity contribution in [2.75, 3.05) is 39.5 Å². The Morgan fingerprint density at radius 3 is 2.38 bits per heavy atom. The lowest BCUT2D eigenvalue weighted by Gasteiger charge is -2.55. The summed E-state index contributed by atoms with van der Waals surface area (Å²) >= 11 is 7.88. The number of nitrogens with zero attached hydrogens (tertiary/aromatic N) is 5. The first-order valence-corrected chi connectivity index (χ1v) is 17.0. The number of piperazine rings is 2. The molecule has 1 aromatic heterocycles. The molecule has 7 aliphatic heterocycles. The highest BCUT2D eigenvalue weighted by Crippen LogP contribution is 2.69. The minimum Gasteiger partial charge on any atom is -0.363 e. The maximum Gasteiger partial charge on any atom is 0.281 e. The van der Waals surface area contributed by atoms with E-state index in [0.717, 1.165) is 39.5 Å². The standard InChI is InChI=1S/C33H33ClN8O5S/c1-18(43)32-27(46)42-24-29(21-10-6-7-11-22(21)37-24,17-31(42,48-32)26(45)39(32)3)41-16-19(20-9-5-8-12-23(20)41)15-30-25(44)40(4)33(34,28(47)38(30)2)36-14-13-35-30/h5-12,16,24,35-37H,13-15,17H2,1-4H3. The molecule has 2 aromatic carbocycles. The predicted octanol–water partition coefficient (Wildman–Crippen LogP) is 0.824. The van der Waals surface area contributed by atoms with Crippen molar-refractivity contribution >= 4 is 69.4 Å². The summed E-state index contributed by atoms with van der Waals surface area (Å²) in [5, 5.41) is 9.12. The summed E-state index contributed by atoms with van der Waals surface area (Å²) in [5.74, 6) is -1.86. The number of Topliss-reactive ketones (excluding diaryl/α,β-unsaturated/α-hetero) is 1. The first kappa shape index (κ1) is 30.0. The lowest BCUT2D eigenvalue weighted by Crippen LogP contribution is -2.83. The molecule has 48 heavy (non-hydrogen) atoms. The van der Waals surface area contributed by atoms with E-state index in [0.29, 0.717) is 13.1 Å². The number of amides is 4. The van der Waals surface area contributed by atoms with E-state index in [4.69, 9.17) is 11.6 Å². The number of nitrogens with one attached hydrogen (secondary N) is 3. The predicted molar refractivity (Wildman–Crippen MR) is 177 cm³/mol. The van der Waals surface area contributed by atoms with Gasteiger partial charge in [-0.05, 0) is 24.6 Å². The van der Waals surface area contributed by atoms with Gasteiger partial charge in [0.15, 0.2) is 16.3 Å². The smallest absolute Gasteiger partial charge is 0.281 e. The highest BCUT2D eigenvalue weighted by molar-refractivity contribution is 8.05. The van der Waals surface area contributed by atoms with E-state index in [1.807, 2.05) is 54.7 Å². The molecule has 0 radical (unpaired) electrons.